The summed E-state index contributed by atoms with van der Waals surface area (Å²) in [5, 5.41) is 0.217. The first-order chi connectivity index (χ1) is 9.31. The predicted octanol–water partition coefficient (Wildman–Crippen LogP) is 3.34. The lowest BCUT2D eigenvalue weighted by molar-refractivity contribution is 0.601. The highest BCUT2D eigenvalue weighted by molar-refractivity contribution is 7.92. The van der Waals surface area contributed by atoms with E-state index in [0.29, 0.717) is 11.4 Å². The second kappa shape index (κ2) is 5.34. The third-order valence-electron chi connectivity index (χ3n) is 3.13. The molecule has 0 aromatic heterocycles. The molecule has 0 spiro atoms. The van der Waals surface area contributed by atoms with Gasteiger partial charge in [0, 0.05) is 0 Å². The zero-order valence-corrected chi connectivity index (χ0v) is 12.7. The molecular formula is C14H15ClN2O2S. The summed E-state index contributed by atoms with van der Waals surface area (Å²) in [6, 6.07) is 9.68. The van der Waals surface area contributed by atoms with Gasteiger partial charge in [0.15, 0.2) is 0 Å². The van der Waals surface area contributed by atoms with Crippen LogP contribution < -0.4 is 10.5 Å². The van der Waals surface area contributed by atoms with E-state index >= 15 is 0 Å². The van der Waals surface area contributed by atoms with Crippen molar-refractivity contribution in [1.82, 2.24) is 0 Å². The minimum absolute atomic E-state index is 0.0811. The average Bonchev–Trinajstić information content (AvgIpc) is 2.38. The van der Waals surface area contributed by atoms with Crippen molar-refractivity contribution in [3.63, 3.8) is 0 Å². The van der Waals surface area contributed by atoms with Crippen molar-refractivity contribution in [2.75, 3.05) is 10.5 Å². The zero-order chi connectivity index (χ0) is 14.9. The summed E-state index contributed by atoms with van der Waals surface area (Å²) >= 11 is 5.86. The van der Waals surface area contributed by atoms with E-state index in [-0.39, 0.29) is 9.92 Å². The molecule has 0 aliphatic carbocycles. The molecule has 0 amide bonds. The third-order valence-corrected chi connectivity index (χ3v) is 4.82. The van der Waals surface area contributed by atoms with E-state index in [1.54, 1.807) is 12.1 Å². The van der Waals surface area contributed by atoms with Crippen LogP contribution in [0.15, 0.2) is 41.3 Å². The minimum Gasteiger partial charge on any atom is -0.398 e. The van der Waals surface area contributed by atoms with E-state index in [2.05, 4.69) is 4.72 Å². The molecule has 4 nitrogen and oxygen atoms in total. The van der Waals surface area contributed by atoms with Crippen LogP contribution in [0.5, 0.6) is 0 Å². The molecule has 2 aromatic rings. The summed E-state index contributed by atoms with van der Waals surface area (Å²) in [5.74, 6) is 0. The molecule has 0 aliphatic rings. The van der Waals surface area contributed by atoms with Gasteiger partial charge < -0.3 is 5.73 Å². The first-order valence-corrected chi connectivity index (χ1v) is 7.81. The van der Waals surface area contributed by atoms with E-state index in [1.807, 2.05) is 19.9 Å². The Morgan fingerprint density at radius 1 is 1.15 bits per heavy atom. The van der Waals surface area contributed by atoms with Crippen molar-refractivity contribution >= 4 is 33.0 Å². The lowest BCUT2D eigenvalue weighted by Crippen LogP contribution is -2.14. The van der Waals surface area contributed by atoms with Crippen LogP contribution in [0.2, 0.25) is 5.02 Å². The van der Waals surface area contributed by atoms with Crippen LogP contribution in [0, 0.1) is 13.8 Å². The Morgan fingerprint density at radius 2 is 1.85 bits per heavy atom. The van der Waals surface area contributed by atoms with Gasteiger partial charge in [-0.15, -0.1) is 0 Å². The molecule has 0 saturated carbocycles. The van der Waals surface area contributed by atoms with Crippen molar-refractivity contribution in [1.29, 1.82) is 0 Å². The Hall–Kier alpha value is -1.72. The molecule has 0 saturated heterocycles. The average molecular weight is 311 g/mol. The molecule has 106 valence electrons. The van der Waals surface area contributed by atoms with Gasteiger partial charge in [0.2, 0.25) is 0 Å². The number of rotatable bonds is 3. The monoisotopic (exact) mass is 310 g/mol. The van der Waals surface area contributed by atoms with Gasteiger partial charge in [-0.1, -0.05) is 23.7 Å². The summed E-state index contributed by atoms with van der Waals surface area (Å²) in [4.78, 5) is 0.0811. The van der Waals surface area contributed by atoms with Crippen LogP contribution in [0.4, 0.5) is 11.4 Å². The van der Waals surface area contributed by atoms with E-state index < -0.39 is 10.0 Å². The minimum atomic E-state index is -3.68. The molecule has 2 aromatic carbocycles. The van der Waals surface area contributed by atoms with E-state index in [1.165, 1.54) is 18.2 Å². The molecule has 0 atom stereocenters. The highest BCUT2D eigenvalue weighted by Crippen LogP contribution is 2.25. The quantitative estimate of drug-likeness (QED) is 0.854. The van der Waals surface area contributed by atoms with E-state index in [4.69, 9.17) is 17.3 Å². The van der Waals surface area contributed by atoms with Gasteiger partial charge in [0.05, 0.1) is 21.3 Å². The van der Waals surface area contributed by atoms with Gasteiger partial charge in [0.1, 0.15) is 0 Å². The molecule has 0 bridgehead atoms. The Bertz CT molecular complexity index is 758. The Morgan fingerprint density at radius 3 is 2.50 bits per heavy atom. The Labute approximate surface area is 123 Å². The summed E-state index contributed by atoms with van der Waals surface area (Å²) < 4.78 is 27.2. The van der Waals surface area contributed by atoms with Crippen LogP contribution >= 0.6 is 11.6 Å². The van der Waals surface area contributed by atoms with Crippen molar-refractivity contribution in [3.8, 4) is 0 Å². The van der Waals surface area contributed by atoms with Crippen LogP contribution in [-0.4, -0.2) is 8.42 Å². The lowest BCUT2D eigenvalue weighted by Gasteiger charge is -2.12. The summed E-state index contributed by atoms with van der Waals surface area (Å²) in [6.45, 7) is 3.79. The molecule has 0 radical (unpaired) electrons. The van der Waals surface area contributed by atoms with Crippen LogP contribution in [0.25, 0.3) is 0 Å². The SMILES string of the molecule is Cc1cccc(NS(=O)(=O)c2ccc(N)c(Cl)c2)c1C. The summed E-state index contributed by atoms with van der Waals surface area (Å²) in [7, 11) is -3.68. The Kier molecular flexibility index (Phi) is 3.92. The second-order valence-electron chi connectivity index (χ2n) is 4.54. The number of halogens is 1. The van der Waals surface area contributed by atoms with Gasteiger partial charge in [-0.05, 0) is 49.2 Å². The molecule has 20 heavy (non-hydrogen) atoms. The largest absolute Gasteiger partial charge is 0.398 e. The topological polar surface area (TPSA) is 72.2 Å². The van der Waals surface area contributed by atoms with Gasteiger partial charge in [-0.25, -0.2) is 8.42 Å². The number of hydrogen-bond donors (Lipinski definition) is 2. The number of nitrogens with one attached hydrogen (secondary N) is 1. The maximum atomic E-state index is 12.3. The molecule has 6 heteroatoms. The van der Waals surface area contributed by atoms with Gasteiger partial charge in [0.25, 0.3) is 10.0 Å². The number of sulfonamides is 1. The molecule has 0 heterocycles. The van der Waals surface area contributed by atoms with Crippen LogP contribution in [0.3, 0.4) is 0 Å². The first kappa shape index (κ1) is 14.7. The summed E-state index contributed by atoms with van der Waals surface area (Å²) in [6.07, 6.45) is 0. The van der Waals surface area contributed by atoms with Crippen LogP contribution in [0.1, 0.15) is 11.1 Å². The highest BCUT2D eigenvalue weighted by Gasteiger charge is 2.16. The van der Waals surface area contributed by atoms with E-state index in [0.717, 1.165) is 11.1 Å². The fraction of sp³-hybridized carbons (Fsp3) is 0.143. The van der Waals surface area contributed by atoms with Gasteiger partial charge >= 0.3 is 0 Å². The Balaban J connectivity index is 2.41. The molecular weight excluding hydrogens is 296 g/mol. The lowest BCUT2D eigenvalue weighted by atomic mass is 10.1. The van der Waals surface area contributed by atoms with Gasteiger partial charge in [-0.2, -0.15) is 0 Å². The number of anilines is 2. The zero-order valence-electron chi connectivity index (χ0n) is 11.1. The third kappa shape index (κ3) is 2.89. The maximum absolute atomic E-state index is 12.3. The first-order valence-electron chi connectivity index (χ1n) is 5.95. The number of nitrogens with two attached hydrogens (primary N) is 1. The van der Waals surface area contributed by atoms with Crippen molar-refractivity contribution in [3.05, 3.63) is 52.5 Å². The smallest absolute Gasteiger partial charge is 0.261 e. The number of benzene rings is 2. The fourth-order valence-corrected chi connectivity index (χ4v) is 3.13. The van der Waals surface area contributed by atoms with E-state index in [9.17, 15) is 8.42 Å². The standard InChI is InChI=1S/C14H15ClN2O2S/c1-9-4-3-5-14(10(9)2)17-20(18,19)11-6-7-13(16)12(15)8-11/h3-8,17H,16H2,1-2H3. The highest BCUT2D eigenvalue weighted by atomic mass is 35.5. The number of aryl methyl sites for hydroxylation is 1. The molecule has 0 unspecified atom stereocenters. The molecule has 0 aliphatic heterocycles. The van der Waals surface area contributed by atoms with Crippen molar-refractivity contribution in [2.45, 2.75) is 18.7 Å². The fourth-order valence-electron chi connectivity index (χ4n) is 1.74. The van der Waals surface area contributed by atoms with Crippen molar-refractivity contribution < 1.29 is 8.42 Å². The second-order valence-corrected chi connectivity index (χ2v) is 6.63. The molecule has 0 fully saturated rings. The number of nitrogen functional groups attached to an aromatic ring is 1. The van der Waals surface area contributed by atoms with Gasteiger partial charge in [-0.3, -0.25) is 4.72 Å². The number of hydrogen-bond acceptors (Lipinski definition) is 3. The predicted molar refractivity (Wildman–Crippen MR) is 82.6 cm³/mol. The molecule has 3 N–H and O–H groups in total. The van der Waals surface area contributed by atoms with Crippen molar-refractivity contribution in [2.24, 2.45) is 0 Å². The van der Waals surface area contributed by atoms with Crippen LogP contribution in [-0.2, 0) is 10.0 Å². The maximum Gasteiger partial charge on any atom is 0.261 e. The molecule has 2 rings (SSSR count). The normalized spacial score (nSPS) is 11.3. The summed E-state index contributed by atoms with van der Waals surface area (Å²) in [5.41, 5.74) is 8.38.